The molecule has 1 aliphatic heterocycles. The van der Waals surface area contributed by atoms with Gasteiger partial charge in [-0.1, -0.05) is 36.4 Å². The fourth-order valence-corrected chi connectivity index (χ4v) is 3.65. The van der Waals surface area contributed by atoms with Gasteiger partial charge in [0.05, 0.1) is 7.11 Å². The van der Waals surface area contributed by atoms with Crippen molar-refractivity contribution in [2.75, 3.05) is 20.2 Å². The summed E-state index contributed by atoms with van der Waals surface area (Å²) in [5, 5.41) is 1.27. The van der Waals surface area contributed by atoms with Crippen molar-refractivity contribution >= 4 is 10.9 Å². The Morgan fingerprint density at radius 1 is 1.00 bits per heavy atom. The van der Waals surface area contributed by atoms with Crippen molar-refractivity contribution in [2.45, 2.75) is 19.4 Å². The Kier molecular flexibility index (Phi) is 3.80. The molecule has 0 saturated carbocycles. The van der Waals surface area contributed by atoms with Gasteiger partial charge in [-0.15, -0.1) is 0 Å². The smallest absolute Gasteiger partial charge is 0.128 e. The van der Waals surface area contributed by atoms with Crippen molar-refractivity contribution in [3.05, 3.63) is 65.4 Å². The number of ether oxygens (including phenoxy) is 1. The largest absolute Gasteiger partial charge is 0.496 e. The molecule has 0 saturated heterocycles. The summed E-state index contributed by atoms with van der Waals surface area (Å²) in [6, 6.07) is 17.0. The maximum atomic E-state index is 5.58. The number of rotatable bonds is 3. The second-order valence-corrected chi connectivity index (χ2v) is 6.23. The molecule has 2 heterocycles. The average molecular weight is 306 g/mol. The number of nitrogens with zero attached hydrogens (tertiary/aromatic N) is 1. The van der Waals surface area contributed by atoms with Crippen molar-refractivity contribution < 1.29 is 4.74 Å². The van der Waals surface area contributed by atoms with Crippen LogP contribution >= 0.6 is 0 Å². The predicted molar refractivity (Wildman–Crippen MR) is 94.0 cm³/mol. The van der Waals surface area contributed by atoms with Gasteiger partial charge in [0, 0.05) is 42.7 Å². The van der Waals surface area contributed by atoms with Gasteiger partial charge < -0.3 is 9.72 Å². The standard InChI is InChI=1S/C20H22N2O/c1-23-19-9-5-8-18-20(19)16-10-12-22(13-11-17(16)21-18)14-15-6-3-2-4-7-15/h2-9,21H,10-14H2,1H3. The van der Waals surface area contributed by atoms with E-state index in [2.05, 4.69) is 58.4 Å². The maximum Gasteiger partial charge on any atom is 0.128 e. The molecule has 3 aromatic rings. The van der Waals surface area contributed by atoms with Crippen LogP contribution < -0.4 is 4.74 Å². The molecule has 23 heavy (non-hydrogen) atoms. The molecule has 4 rings (SSSR count). The lowest BCUT2D eigenvalue weighted by Crippen LogP contribution is -2.26. The molecule has 0 aliphatic carbocycles. The quantitative estimate of drug-likeness (QED) is 0.797. The number of methoxy groups -OCH3 is 1. The first-order valence-electron chi connectivity index (χ1n) is 8.28. The van der Waals surface area contributed by atoms with Crippen LogP contribution in [0.5, 0.6) is 5.75 Å². The minimum absolute atomic E-state index is 0.983. The van der Waals surface area contributed by atoms with Crippen molar-refractivity contribution in [2.24, 2.45) is 0 Å². The summed E-state index contributed by atoms with van der Waals surface area (Å²) >= 11 is 0. The van der Waals surface area contributed by atoms with Crippen molar-refractivity contribution in [1.29, 1.82) is 0 Å². The van der Waals surface area contributed by atoms with E-state index in [4.69, 9.17) is 4.74 Å². The van der Waals surface area contributed by atoms with Gasteiger partial charge in [-0.2, -0.15) is 0 Å². The normalized spacial score (nSPS) is 15.3. The van der Waals surface area contributed by atoms with E-state index in [1.54, 1.807) is 7.11 Å². The summed E-state index contributed by atoms with van der Waals surface area (Å²) in [5.41, 5.74) is 5.40. The molecule has 0 fully saturated rings. The third-order valence-corrected chi connectivity index (χ3v) is 4.80. The first-order valence-corrected chi connectivity index (χ1v) is 8.28. The number of H-pyrrole nitrogens is 1. The second-order valence-electron chi connectivity index (χ2n) is 6.23. The van der Waals surface area contributed by atoms with Crippen LogP contribution in [-0.2, 0) is 19.4 Å². The summed E-state index contributed by atoms with van der Waals surface area (Å²) < 4.78 is 5.58. The van der Waals surface area contributed by atoms with Crippen LogP contribution in [0.25, 0.3) is 10.9 Å². The molecule has 0 unspecified atom stereocenters. The molecule has 0 radical (unpaired) electrons. The van der Waals surface area contributed by atoms with Crippen LogP contribution in [0, 0.1) is 0 Å². The lowest BCUT2D eigenvalue weighted by atomic mass is 10.1. The van der Waals surface area contributed by atoms with E-state index in [0.29, 0.717) is 0 Å². The zero-order chi connectivity index (χ0) is 15.6. The van der Waals surface area contributed by atoms with Crippen LogP contribution in [-0.4, -0.2) is 30.1 Å². The molecular weight excluding hydrogens is 284 g/mol. The topological polar surface area (TPSA) is 28.3 Å². The van der Waals surface area contributed by atoms with E-state index in [9.17, 15) is 0 Å². The highest BCUT2D eigenvalue weighted by molar-refractivity contribution is 5.90. The Labute approximate surface area is 136 Å². The highest BCUT2D eigenvalue weighted by atomic mass is 16.5. The third kappa shape index (κ3) is 2.73. The Morgan fingerprint density at radius 2 is 1.83 bits per heavy atom. The monoisotopic (exact) mass is 306 g/mol. The average Bonchev–Trinajstić information content (AvgIpc) is 2.84. The summed E-state index contributed by atoms with van der Waals surface area (Å²) in [4.78, 5) is 6.15. The number of hydrogen-bond acceptors (Lipinski definition) is 2. The zero-order valence-electron chi connectivity index (χ0n) is 13.5. The van der Waals surface area contributed by atoms with E-state index in [-0.39, 0.29) is 0 Å². The van der Waals surface area contributed by atoms with E-state index >= 15 is 0 Å². The number of hydrogen-bond donors (Lipinski definition) is 1. The molecule has 3 nitrogen and oxygen atoms in total. The fraction of sp³-hybridized carbons (Fsp3) is 0.300. The lowest BCUT2D eigenvalue weighted by molar-refractivity contribution is 0.279. The third-order valence-electron chi connectivity index (χ3n) is 4.80. The van der Waals surface area contributed by atoms with Gasteiger partial charge >= 0.3 is 0 Å². The number of nitrogens with one attached hydrogen (secondary N) is 1. The SMILES string of the molecule is COc1cccc2[nH]c3c(c12)CCN(Cc1ccccc1)CC3. The Balaban J connectivity index is 1.60. The Bertz CT molecular complexity index is 807. The van der Waals surface area contributed by atoms with E-state index in [1.807, 2.05) is 0 Å². The van der Waals surface area contributed by atoms with Crippen LogP contribution in [0.3, 0.4) is 0 Å². The minimum atomic E-state index is 0.983. The molecule has 0 amide bonds. The number of benzene rings is 2. The number of fused-ring (bicyclic) bond motifs is 3. The van der Waals surface area contributed by atoms with Crippen molar-refractivity contribution in [3.63, 3.8) is 0 Å². The van der Waals surface area contributed by atoms with Gasteiger partial charge in [0.2, 0.25) is 0 Å². The van der Waals surface area contributed by atoms with Crippen LogP contribution in [0.2, 0.25) is 0 Å². The first kappa shape index (κ1) is 14.3. The summed E-state index contributed by atoms with van der Waals surface area (Å²) in [5.74, 6) is 0.983. The van der Waals surface area contributed by atoms with Gasteiger partial charge in [-0.25, -0.2) is 0 Å². The maximum absolute atomic E-state index is 5.58. The molecule has 118 valence electrons. The van der Waals surface area contributed by atoms with Gasteiger partial charge in [0.15, 0.2) is 0 Å². The minimum Gasteiger partial charge on any atom is -0.496 e. The second kappa shape index (κ2) is 6.09. The van der Waals surface area contributed by atoms with Gasteiger partial charge in [-0.05, 0) is 29.7 Å². The summed E-state index contributed by atoms with van der Waals surface area (Å²) in [7, 11) is 1.76. The molecule has 0 atom stereocenters. The highest BCUT2D eigenvalue weighted by Crippen LogP contribution is 2.33. The Morgan fingerprint density at radius 3 is 2.65 bits per heavy atom. The van der Waals surface area contributed by atoms with E-state index in [1.165, 1.54) is 27.7 Å². The lowest BCUT2D eigenvalue weighted by Gasteiger charge is -2.19. The molecule has 1 aliphatic rings. The van der Waals surface area contributed by atoms with Crippen LogP contribution in [0.1, 0.15) is 16.8 Å². The van der Waals surface area contributed by atoms with Gasteiger partial charge in [0.1, 0.15) is 5.75 Å². The zero-order valence-corrected chi connectivity index (χ0v) is 13.5. The van der Waals surface area contributed by atoms with Crippen LogP contribution in [0.15, 0.2) is 48.5 Å². The first-order chi connectivity index (χ1) is 11.3. The molecule has 1 N–H and O–H groups in total. The van der Waals surface area contributed by atoms with Gasteiger partial charge in [0.25, 0.3) is 0 Å². The highest BCUT2D eigenvalue weighted by Gasteiger charge is 2.20. The van der Waals surface area contributed by atoms with E-state index < -0.39 is 0 Å². The molecule has 0 spiro atoms. The Hall–Kier alpha value is -2.26. The van der Waals surface area contributed by atoms with E-state index in [0.717, 1.165) is 38.2 Å². The van der Waals surface area contributed by atoms with Crippen molar-refractivity contribution in [1.82, 2.24) is 9.88 Å². The van der Waals surface area contributed by atoms with Gasteiger partial charge in [-0.3, -0.25) is 4.90 Å². The number of aromatic nitrogens is 1. The molecule has 3 heteroatoms. The molecule has 1 aromatic heterocycles. The fourth-order valence-electron chi connectivity index (χ4n) is 3.65. The number of aromatic amines is 1. The molecular formula is C20H22N2O. The molecule has 2 aromatic carbocycles. The predicted octanol–water partition coefficient (Wildman–Crippen LogP) is 3.78. The summed E-state index contributed by atoms with van der Waals surface area (Å²) in [6.07, 6.45) is 2.14. The van der Waals surface area contributed by atoms with Crippen molar-refractivity contribution in [3.8, 4) is 5.75 Å². The summed E-state index contributed by atoms with van der Waals surface area (Å²) in [6.45, 7) is 3.21. The van der Waals surface area contributed by atoms with Crippen LogP contribution in [0.4, 0.5) is 0 Å². The molecule has 0 bridgehead atoms.